The zero-order valence-electron chi connectivity index (χ0n) is 23.0. The minimum Gasteiger partial charge on any atom is -0.480 e. The molecule has 5 unspecified atom stereocenters. The van der Waals surface area contributed by atoms with Gasteiger partial charge >= 0.3 is 5.97 Å². The molecule has 0 aliphatic heterocycles. The van der Waals surface area contributed by atoms with E-state index in [0.29, 0.717) is 5.75 Å². The molecule has 8 N–H and O–H groups in total. The van der Waals surface area contributed by atoms with Crippen molar-refractivity contribution in [1.29, 1.82) is 0 Å². The molecular weight excluding hydrogens is 546 g/mol. The predicted molar refractivity (Wildman–Crippen MR) is 158 cm³/mol. The molecule has 3 rings (SSSR count). The summed E-state index contributed by atoms with van der Waals surface area (Å²) in [5.41, 5.74) is 8.76. The van der Waals surface area contributed by atoms with Crippen LogP contribution in [0.15, 0.2) is 60.8 Å². The van der Waals surface area contributed by atoms with Gasteiger partial charge in [-0.2, -0.15) is 11.8 Å². The smallest absolute Gasteiger partial charge is 0.328 e. The molecule has 3 aromatic rings. The number of aromatic amines is 1. The highest BCUT2D eigenvalue weighted by Gasteiger charge is 2.32. The van der Waals surface area contributed by atoms with Crippen LogP contribution >= 0.6 is 11.8 Å². The van der Waals surface area contributed by atoms with Crippen molar-refractivity contribution < 1.29 is 29.4 Å². The second-order valence-corrected chi connectivity index (χ2v) is 10.8. The summed E-state index contributed by atoms with van der Waals surface area (Å²) in [7, 11) is 0. The van der Waals surface area contributed by atoms with Crippen LogP contribution in [0.3, 0.4) is 0 Å². The zero-order chi connectivity index (χ0) is 29.9. The topological polar surface area (TPSA) is 187 Å². The van der Waals surface area contributed by atoms with Gasteiger partial charge in [-0.15, -0.1) is 0 Å². The molecule has 41 heavy (non-hydrogen) atoms. The maximum atomic E-state index is 13.4. The first-order chi connectivity index (χ1) is 19.6. The molecule has 0 aliphatic carbocycles. The number of carboxylic acid groups (broad SMARTS) is 1. The SMILES string of the molecule is CSCCC(NC(=O)C(N)Cc1c[nH]c2ccccc12)C(=O)NC(Cc1ccccc1)C(=O)NC(C(=O)O)C(C)O. The Morgan fingerprint density at radius 3 is 2.20 bits per heavy atom. The number of hydrogen-bond acceptors (Lipinski definition) is 7. The number of para-hydroxylation sites is 1. The summed E-state index contributed by atoms with van der Waals surface area (Å²) in [4.78, 5) is 54.4. The molecule has 1 heterocycles. The Balaban J connectivity index is 1.74. The highest BCUT2D eigenvalue weighted by atomic mass is 32.2. The van der Waals surface area contributed by atoms with Crippen LogP contribution in [0.4, 0.5) is 0 Å². The van der Waals surface area contributed by atoms with E-state index in [1.807, 2.05) is 30.5 Å². The number of aliphatic carboxylic acids is 1. The lowest BCUT2D eigenvalue weighted by Crippen LogP contribution is -2.59. The number of thioether (sulfide) groups is 1. The molecular formula is C29H37N5O6S. The molecule has 0 fully saturated rings. The molecule has 11 nitrogen and oxygen atoms in total. The number of H-pyrrole nitrogens is 1. The molecule has 0 bridgehead atoms. The molecule has 5 atom stereocenters. The number of carbonyl (C=O) groups is 4. The first-order valence-electron chi connectivity index (χ1n) is 13.3. The standard InChI is InChI=1S/C29H37N5O6S/c1-17(35)25(29(39)40)34-28(38)24(14-18-8-4-3-5-9-18)33-27(37)23(12-13-41-2)32-26(36)21(30)15-19-16-31-22-11-7-6-10-20(19)22/h3-11,16-17,21,23-25,31,35H,12-15,30H2,1-2H3,(H,32,36)(H,33,37)(H,34,38)(H,39,40). The minimum atomic E-state index is -1.56. The second kappa shape index (κ2) is 15.2. The lowest BCUT2D eigenvalue weighted by molar-refractivity contribution is -0.145. The van der Waals surface area contributed by atoms with Crippen LogP contribution in [-0.2, 0) is 32.0 Å². The van der Waals surface area contributed by atoms with Crippen LogP contribution < -0.4 is 21.7 Å². The summed E-state index contributed by atoms with van der Waals surface area (Å²) in [6.07, 6.45) is 2.91. The third-order valence-electron chi connectivity index (χ3n) is 6.66. The van der Waals surface area contributed by atoms with E-state index in [0.717, 1.165) is 22.0 Å². The molecule has 220 valence electrons. The van der Waals surface area contributed by atoms with Gasteiger partial charge in [-0.1, -0.05) is 48.5 Å². The van der Waals surface area contributed by atoms with Crippen molar-refractivity contribution in [2.75, 3.05) is 12.0 Å². The van der Waals surface area contributed by atoms with Crippen molar-refractivity contribution in [2.24, 2.45) is 5.73 Å². The van der Waals surface area contributed by atoms with Crippen molar-refractivity contribution in [1.82, 2.24) is 20.9 Å². The molecule has 1 aromatic heterocycles. The van der Waals surface area contributed by atoms with Crippen molar-refractivity contribution in [2.45, 2.75) is 56.5 Å². The Hall–Kier alpha value is -3.87. The average Bonchev–Trinajstić information content (AvgIpc) is 3.36. The van der Waals surface area contributed by atoms with Gasteiger partial charge in [0, 0.05) is 23.5 Å². The van der Waals surface area contributed by atoms with Gasteiger partial charge in [-0.3, -0.25) is 14.4 Å². The van der Waals surface area contributed by atoms with Crippen LogP contribution in [0.2, 0.25) is 0 Å². The van der Waals surface area contributed by atoms with Crippen LogP contribution in [0.1, 0.15) is 24.5 Å². The normalized spacial score (nSPS) is 14.8. The number of nitrogens with one attached hydrogen (secondary N) is 4. The number of amides is 3. The number of nitrogens with two attached hydrogens (primary N) is 1. The third-order valence-corrected chi connectivity index (χ3v) is 7.30. The maximum Gasteiger partial charge on any atom is 0.328 e. The summed E-state index contributed by atoms with van der Waals surface area (Å²) in [5, 5.41) is 27.9. The van der Waals surface area contributed by atoms with Gasteiger partial charge in [-0.25, -0.2) is 4.79 Å². The molecule has 0 spiro atoms. The van der Waals surface area contributed by atoms with Crippen molar-refractivity contribution >= 4 is 46.4 Å². The van der Waals surface area contributed by atoms with E-state index in [2.05, 4.69) is 20.9 Å². The molecule has 0 saturated carbocycles. The van der Waals surface area contributed by atoms with Crippen molar-refractivity contribution in [3.05, 3.63) is 71.9 Å². The number of fused-ring (bicyclic) bond motifs is 1. The number of carboxylic acids is 1. The number of benzene rings is 2. The number of rotatable bonds is 15. The van der Waals surface area contributed by atoms with Crippen molar-refractivity contribution in [3.63, 3.8) is 0 Å². The number of aliphatic hydroxyl groups is 1. The first-order valence-corrected chi connectivity index (χ1v) is 14.7. The largest absolute Gasteiger partial charge is 0.480 e. The first kappa shape index (κ1) is 31.7. The van der Waals surface area contributed by atoms with Gasteiger partial charge in [-0.05, 0) is 49.0 Å². The van der Waals surface area contributed by atoms with Crippen LogP contribution in [0, 0.1) is 0 Å². The van der Waals surface area contributed by atoms with Gasteiger partial charge in [0.25, 0.3) is 0 Å². The monoisotopic (exact) mass is 583 g/mol. The highest BCUT2D eigenvalue weighted by molar-refractivity contribution is 7.98. The fraction of sp³-hybridized carbons (Fsp3) is 0.379. The summed E-state index contributed by atoms with van der Waals surface area (Å²) < 4.78 is 0. The average molecular weight is 584 g/mol. The summed E-state index contributed by atoms with van der Waals surface area (Å²) in [6, 6.07) is 11.9. The van der Waals surface area contributed by atoms with Gasteiger partial charge in [0.15, 0.2) is 6.04 Å². The Morgan fingerprint density at radius 2 is 1.54 bits per heavy atom. The molecule has 3 amide bonds. The minimum absolute atomic E-state index is 0.0633. The number of aliphatic hydroxyl groups excluding tert-OH is 1. The lowest BCUT2D eigenvalue weighted by atomic mass is 10.0. The van der Waals surface area contributed by atoms with E-state index in [-0.39, 0.29) is 19.3 Å². The van der Waals surface area contributed by atoms with E-state index in [9.17, 15) is 29.4 Å². The van der Waals surface area contributed by atoms with Crippen LogP contribution in [-0.4, -0.2) is 81.2 Å². The maximum absolute atomic E-state index is 13.4. The Morgan fingerprint density at radius 1 is 0.902 bits per heavy atom. The number of aromatic nitrogens is 1. The Kier molecular flexibility index (Phi) is 11.7. The fourth-order valence-electron chi connectivity index (χ4n) is 4.39. The molecule has 2 aromatic carbocycles. The second-order valence-electron chi connectivity index (χ2n) is 9.83. The van der Waals surface area contributed by atoms with Crippen molar-refractivity contribution in [3.8, 4) is 0 Å². The zero-order valence-corrected chi connectivity index (χ0v) is 23.8. The summed E-state index contributed by atoms with van der Waals surface area (Å²) >= 11 is 1.49. The quantitative estimate of drug-likeness (QED) is 0.138. The number of carbonyl (C=O) groups excluding carboxylic acids is 3. The number of hydrogen-bond donors (Lipinski definition) is 7. The predicted octanol–water partition coefficient (Wildman–Crippen LogP) is 0.953. The lowest BCUT2D eigenvalue weighted by Gasteiger charge is -2.26. The van der Waals surface area contributed by atoms with E-state index in [4.69, 9.17) is 5.73 Å². The van der Waals surface area contributed by atoms with Crippen LogP contribution in [0.25, 0.3) is 10.9 Å². The third kappa shape index (κ3) is 9.07. The van der Waals surface area contributed by atoms with E-state index in [1.54, 1.807) is 36.5 Å². The molecule has 12 heteroatoms. The van der Waals surface area contributed by atoms with Gasteiger partial charge in [0.2, 0.25) is 17.7 Å². The Labute approximate surface area is 242 Å². The molecule has 0 saturated heterocycles. The highest BCUT2D eigenvalue weighted by Crippen LogP contribution is 2.19. The van der Waals surface area contributed by atoms with Crippen LogP contribution in [0.5, 0.6) is 0 Å². The van der Waals surface area contributed by atoms with E-state index in [1.165, 1.54) is 18.7 Å². The Bertz CT molecular complexity index is 1330. The molecule has 0 radical (unpaired) electrons. The fourth-order valence-corrected chi connectivity index (χ4v) is 4.86. The van der Waals surface area contributed by atoms with E-state index >= 15 is 0 Å². The van der Waals surface area contributed by atoms with Gasteiger partial charge < -0.3 is 36.9 Å². The van der Waals surface area contributed by atoms with E-state index < -0.39 is 54.0 Å². The molecule has 0 aliphatic rings. The van der Waals surface area contributed by atoms with Gasteiger partial charge in [0.1, 0.15) is 12.1 Å². The van der Waals surface area contributed by atoms with Gasteiger partial charge in [0.05, 0.1) is 12.1 Å². The summed E-state index contributed by atoms with van der Waals surface area (Å²) in [6.45, 7) is 1.25. The summed E-state index contributed by atoms with van der Waals surface area (Å²) in [5.74, 6) is -2.75.